The van der Waals surface area contributed by atoms with Gasteiger partial charge in [0.2, 0.25) is 0 Å². The molecule has 0 saturated carbocycles. The first-order valence-electron chi connectivity index (χ1n) is 7.59. The minimum absolute atomic E-state index is 0.364. The number of fused-ring (bicyclic) bond motifs is 1. The summed E-state index contributed by atoms with van der Waals surface area (Å²) in [7, 11) is 0. The first kappa shape index (κ1) is 13.4. The van der Waals surface area contributed by atoms with Crippen LogP contribution in [-0.4, -0.2) is 30.1 Å². The highest BCUT2D eigenvalue weighted by Gasteiger charge is 2.48. The van der Waals surface area contributed by atoms with Crippen LogP contribution in [0.2, 0.25) is 0 Å². The minimum atomic E-state index is 0.364. The molecule has 2 heteroatoms. The quantitative estimate of drug-likeness (QED) is 0.816. The van der Waals surface area contributed by atoms with E-state index in [0.29, 0.717) is 5.54 Å². The van der Waals surface area contributed by atoms with E-state index in [1.54, 1.807) is 0 Å². The lowest BCUT2D eigenvalue weighted by Gasteiger charge is -2.50. The third kappa shape index (κ3) is 2.26. The summed E-state index contributed by atoms with van der Waals surface area (Å²) in [5.41, 5.74) is 6.47. The van der Waals surface area contributed by atoms with Gasteiger partial charge in [-0.1, -0.05) is 33.6 Å². The second-order valence-electron chi connectivity index (χ2n) is 6.52. The molecule has 0 spiro atoms. The lowest BCUT2D eigenvalue weighted by Crippen LogP contribution is -2.59. The number of hydrogen-bond donors (Lipinski definition) is 1. The molecule has 0 bridgehead atoms. The van der Waals surface area contributed by atoms with E-state index in [2.05, 4.69) is 25.7 Å². The second kappa shape index (κ2) is 5.27. The Hall–Kier alpha value is -0.0800. The Labute approximate surface area is 107 Å². The Morgan fingerprint density at radius 1 is 1.47 bits per heavy atom. The van der Waals surface area contributed by atoms with E-state index in [-0.39, 0.29) is 0 Å². The topological polar surface area (TPSA) is 29.3 Å². The van der Waals surface area contributed by atoms with Crippen LogP contribution in [0.4, 0.5) is 0 Å². The van der Waals surface area contributed by atoms with Gasteiger partial charge in [0.15, 0.2) is 0 Å². The molecule has 2 heterocycles. The van der Waals surface area contributed by atoms with Gasteiger partial charge >= 0.3 is 0 Å². The first-order chi connectivity index (χ1) is 8.14. The first-order valence-corrected chi connectivity index (χ1v) is 7.59. The molecule has 2 aliphatic rings. The summed E-state index contributed by atoms with van der Waals surface area (Å²) >= 11 is 0. The molecule has 2 saturated heterocycles. The maximum Gasteiger partial charge on any atom is 0.0357 e. The fourth-order valence-corrected chi connectivity index (χ4v) is 4.35. The van der Waals surface area contributed by atoms with Crippen LogP contribution in [0, 0.1) is 17.8 Å². The lowest BCUT2D eigenvalue weighted by molar-refractivity contribution is -0.00197. The summed E-state index contributed by atoms with van der Waals surface area (Å²) in [4.78, 5) is 2.73. The van der Waals surface area contributed by atoms with Crippen LogP contribution in [0.1, 0.15) is 52.9 Å². The fraction of sp³-hybridized carbons (Fsp3) is 1.00. The van der Waals surface area contributed by atoms with Crippen molar-refractivity contribution in [2.24, 2.45) is 23.5 Å². The fourth-order valence-electron chi connectivity index (χ4n) is 4.35. The smallest absolute Gasteiger partial charge is 0.0357 e. The zero-order valence-corrected chi connectivity index (χ0v) is 11.9. The molecular weight excluding hydrogens is 208 g/mol. The van der Waals surface area contributed by atoms with Crippen molar-refractivity contribution in [2.75, 3.05) is 19.6 Å². The van der Waals surface area contributed by atoms with Gasteiger partial charge in [0.25, 0.3) is 0 Å². The SMILES string of the molecule is CCCC(C)[C@@H]1CC(C)[C@]2(CN)CCCN2C1. The Balaban J connectivity index is 2.06. The summed E-state index contributed by atoms with van der Waals surface area (Å²) in [5, 5.41) is 0. The van der Waals surface area contributed by atoms with Crippen LogP contribution in [0.5, 0.6) is 0 Å². The molecule has 100 valence electrons. The zero-order valence-electron chi connectivity index (χ0n) is 11.9. The van der Waals surface area contributed by atoms with Crippen LogP contribution in [-0.2, 0) is 0 Å². The van der Waals surface area contributed by atoms with Crippen molar-refractivity contribution in [1.82, 2.24) is 4.90 Å². The molecule has 0 aliphatic carbocycles. The minimum Gasteiger partial charge on any atom is -0.329 e. The van der Waals surface area contributed by atoms with Gasteiger partial charge in [0, 0.05) is 18.6 Å². The van der Waals surface area contributed by atoms with Gasteiger partial charge in [-0.15, -0.1) is 0 Å². The van der Waals surface area contributed by atoms with Crippen LogP contribution in [0.15, 0.2) is 0 Å². The van der Waals surface area contributed by atoms with E-state index in [0.717, 1.165) is 24.3 Å². The third-order valence-corrected chi connectivity index (χ3v) is 5.60. The van der Waals surface area contributed by atoms with Crippen LogP contribution < -0.4 is 5.73 Å². The molecule has 2 fully saturated rings. The zero-order chi connectivity index (χ0) is 12.5. The summed E-state index contributed by atoms with van der Waals surface area (Å²) in [6.07, 6.45) is 6.81. The largest absolute Gasteiger partial charge is 0.329 e. The van der Waals surface area contributed by atoms with E-state index < -0.39 is 0 Å². The monoisotopic (exact) mass is 238 g/mol. The van der Waals surface area contributed by atoms with E-state index in [1.807, 2.05) is 0 Å². The van der Waals surface area contributed by atoms with Crippen molar-refractivity contribution < 1.29 is 0 Å². The van der Waals surface area contributed by atoms with Gasteiger partial charge in [0.1, 0.15) is 0 Å². The van der Waals surface area contributed by atoms with Crippen LogP contribution in [0.3, 0.4) is 0 Å². The van der Waals surface area contributed by atoms with E-state index in [4.69, 9.17) is 5.73 Å². The predicted octanol–water partition coefficient (Wildman–Crippen LogP) is 2.87. The molecule has 0 aromatic heterocycles. The maximum atomic E-state index is 6.11. The Bertz CT molecular complexity index is 253. The third-order valence-electron chi connectivity index (χ3n) is 5.60. The highest BCUT2D eigenvalue weighted by Crippen LogP contribution is 2.44. The van der Waals surface area contributed by atoms with Gasteiger partial charge in [-0.2, -0.15) is 0 Å². The van der Waals surface area contributed by atoms with E-state index in [1.165, 1.54) is 45.2 Å². The highest BCUT2D eigenvalue weighted by atomic mass is 15.2. The molecule has 2 unspecified atom stereocenters. The number of nitrogens with two attached hydrogens (primary N) is 1. The van der Waals surface area contributed by atoms with Gasteiger partial charge < -0.3 is 5.73 Å². The van der Waals surface area contributed by atoms with E-state index in [9.17, 15) is 0 Å². The summed E-state index contributed by atoms with van der Waals surface area (Å²) in [5.74, 6) is 2.58. The average molecular weight is 238 g/mol. The standard InChI is InChI=1S/C15H30N2/c1-4-6-12(2)14-9-13(3)15(11-16)7-5-8-17(15)10-14/h12-14H,4-11,16H2,1-3H3/t12?,13?,14-,15-/m1/s1. The molecule has 2 N–H and O–H groups in total. The molecule has 2 nitrogen and oxygen atoms in total. The number of piperidine rings is 1. The van der Waals surface area contributed by atoms with Crippen molar-refractivity contribution in [3.63, 3.8) is 0 Å². The van der Waals surface area contributed by atoms with Crippen LogP contribution in [0.25, 0.3) is 0 Å². The van der Waals surface area contributed by atoms with Crippen molar-refractivity contribution in [3.05, 3.63) is 0 Å². The molecule has 0 amide bonds. The number of rotatable bonds is 4. The summed E-state index contributed by atoms with van der Waals surface area (Å²) in [6, 6.07) is 0. The van der Waals surface area contributed by atoms with Crippen molar-refractivity contribution in [1.29, 1.82) is 0 Å². The van der Waals surface area contributed by atoms with Crippen molar-refractivity contribution >= 4 is 0 Å². The molecule has 2 rings (SSSR count). The molecule has 17 heavy (non-hydrogen) atoms. The molecule has 4 atom stereocenters. The Kier molecular flexibility index (Phi) is 4.14. The average Bonchev–Trinajstić information content (AvgIpc) is 2.74. The highest BCUT2D eigenvalue weighted by molar-refractivity contribution is 5.04. The Morgan fingerprint density at radius 3 is 2.88 bits per heavy atom. The van der Waals surface area contributed by atoms with Gasteiger partial charge in [-0.3, -0.25) is 4.90 Å². The normalized spacial score (nSPS) is 40.2. The Morgan fingerprint density at radius 2 is 2.24 bits per heavy atom. The van der Waals surface area contributed by atoms with E-state index >= 15 is 0 Å². The predicted molar refractivity (Wildman–Crippen MR) is 73.9 cm³/mol. The van der Waals surface area contributed by atoms with Crippen molar-refractivity contribution in [3.8, 4) is 0 Å². The molecule has 0 aromatic rings. The summed E-state index contributed by atoms with van der Waals surface area (Å²) < 4.78 is 0. The molecule has 2 aliphatic heterocycles. The van der Waals surface area contributed by atoms with Crippen molar-refractivity contribution in [2.45, 2.75) is 58.4 Å². The second-order valence-corrected chi connectivity index (χ2v) is 6.52. The van der Waals surface area contributed by atoms with Gasteiger partial charge in [-0.05, 0) is 43.6 Å². The van der Waals surface area contributed by atoms with Crippen LogP contribution >= 0.6 is 0 Å². The van der Waals surface area contributed by atoms with Gasteiger partial charge in [-0.25, -0.2) is 0 Å². The molecule has 0 aromatic carbocycles. The number of hydrogen-bond acceptors (Lipinski definition) is 2. The van der Waals surface area contributed by atoms with Gasteiger partial charge in [0.05, 0.1) is 0 Å². The number of nitrogens with zero attached hydrogens (tertiary/aromatic N) is 1. The summed E-state index contributed by atoms with van der Waals surface area (Å²) in [6.45, 7) is 10.7. The lowest BCUT2D eigenvalue weighted by atomic mass is 9.70. The molecular formula is C15H30N2. The maximum absolute atomic E-state index is 6.11. The molecule has 0 radical (unpaired) electrons.